The number of hydrogen-bond acceptors (Lipinski definition) is 6. The van der Waals surface area contributed by atoms with Crippen LogP contribution in [0.2, 0.25) is 0 Å². The van der Waals surface area contributed by atoms with Gasteiger partial charge in [-0.05, 0) is 62.2 Å². The number of benzene rings is 2. The van der Waals surface area contributed by atoms with Crippen LogP contribution in [0.25, 0.3) is 6.08 Å². The monoisotopic (exact) mass is 424 g/mol. The Hall–Kier alpha value is -3.98. The topological polar surface area (TPSA) is 129 Å². The van der Waals surface area contributed by atoms with Gasteiger partial charge in [0.2, 0.25) is 0 Å². The van der Waals surface area contributed by atoms with Gasteiger partial charge in [-0.15, -0.1) is 0 Å². The average molecular weight is 424 g/mol. The van der Waals surface area contributed by atoms with Crippen molar-refractivity contribution >= 4 is 35.9 Å². The van der Waals surface area contributed by atoms with Crippen molar-refractivity contribution in [1.29, 1.82) is 0 Å². The normalized spacial score (nSPS) is 11.4. The summed E-state index contributed by atoms with van der Waals surface area (Å²) in [5.74, 6) is -1.12. The Balaban J connectivity index is 1.98. The maximum atomic E-state index is 12.3. The van der Waals surface area contributed by atoms with Gasteiger partial charge in [-0.2, -0.15) is 5.10 Å². The predicted molar refractivity (Wildman–Crippen MR) is 117 cm³/mol. The minimum Gasteiger partial charge on any atom is -0.444 e. The van der Waals surface area contributed by atoms with E-state index in [4.69, 9.17) is 9.94 Å². The van der Waals surface area contributed by atoms with E-state index < -0.39 is 23.5 Å². The van der Waals surface area contributed by atoms with Gasteiger partial charge < -0.3 is 4.74 Å². The van der Waals surface area contributed by atoms with Gasteiger partial charge in [0.15, 0.2) is 0 Å². The van der Waals surface area contributed by atoms with Gasteiger partial charge in [0.05, 0.1) is 6.21 Å². The molecule has 2 aromatic carbocycles. The molecule has 0 saturated heterocycles. The molecule has 0 bridgehead atoms. The Morgan fingerprint density at radius 3 is 2.45 bits per heavy atom. The molecule has 9 nitrogen and oxygen atoms in total. The molecule has 31 heavy (non-hydrogen) atoms. The zero-order valence-corrected chi connectivity index (χ0v) is 17.4. The van der Waals surface area contributed by atoms with Gasteiger partial charge in [0.25, 0.3) is 11.8 Å². The number of nitrogens with one attached hydrogen (secondary N) is 3. The lowest BCUT2D eigenvalue weighted by Gasteiger charge is -2.19. The average Bonchev–Trinajstić information content (AvgIpc) is 2.71. The van der Waals surface area contributed by atoms with Gasteiger partial charge >= 0.3 is 6.09 Å². The van der Waals surface area contributed by atoms with Crippen LogP contribution in [0.5, 0.6) is 0 Å². The lowest BCUT2D eigenvalue weighted by Crippen LogP contribution is -2.27. The van der Waals surface area contributed by atoms with Gasteiger partial charge in [0.1, 0.15) is 5.60 Å². The highest BCUT2D eigenvalue weighted by Crippen LogP contribution is 2.13. The van der Waals surface area contributed by atoms with Crippen LogP contribution < -0.4 is 16.2 Å². The second kappa shape index (κ2) is 10.7. The molecule has 0 saturated carbocycles. The summed E-state index contributed by atoms with van der Waals surface area (Å²) in [4.78, 5) is 35.2. The van der Waals surface area contributed by atoms with Crippen LogP contribution in [-0.4, -0.2) is 34.9 Å². The van der Waals surface area contributed by atoms with E-state index in [0.717, 1.165) is 6.08 Å². The molecule has 0 fully saturated rings. The van der Waals surface area contributed by atoms with Gasteiger partial charge in [0, 0.05) is 17.3 Å². The highest BCUT2D eigenvalue weighted by molar-refractivity contribution is 5.96. The Bertz CT molecular complexity index is 1010. The van der Waals surface area contributed by atoms with Crippen molar-refractivity contribution in [2.45, 2.75) is 26.4 Å². The van der Waals surface area contributed by atoms with Gasteiger partial charge in [-0.3, -0.25) is 20.1 Å². The van der Waals surface area contributed by atoms with Gasteiger partial charge in [-0.1, -0.05) is 24.3 Å². The maximum absolute atomic E-state index is 12.3. The van der Waals surface area contributed by atoms with Crippen molar-refractivity contribution < 1.29 is 24.3 Å². The number of carbonyl (C=O) groups is 3. The van der Waals surface area contributed by atoms with Crippen molar-refractivity contribution in [2.24, 2.45) is 5.10 Å². The third kappa shape index (κ3) is 8.50. The molecule has 162 valence electrons. The van der Waals surface area contributed by atoms with E-state index >= 15 is 0 Å². The van der Waals surface area contributed by atoms with Crippen LogP contribution in [-0.2, 0) is 9.53 Å². The minimum atomic E-state index is -0.678. The first kappa shape index (κ1) is 23.3. The molecular formula is C22H24N4O5. The Morgan fingerprint density at radius 1 is 1.03 bits per heavy atom. The maximum Gasteiger partial charge on any atom is 0.412 e. The molecule has 0 aromatic heterocycles. The zero-order chi connectivity index (χ0) is 22.9. The number of hydroxylamine groups is 1. The number of rotatable bonds is 6. The molecule has 0 aliphatic rings. The summed E-state index contributed by atoms with van der Waals surface area (Å²) in [6, 6.07) is 13.4. The summed E-state index contributed by atoms with van der Waals surface area (Å²) in [7, 11) is 0. The molecule has 4 N–H and O–H groups in total. The van der Waals surface area contributed by atoms with Crippen molar-refractivity contribution in [3.05, 3.63) is 71.3 Å². The molecule has 0 spiro atoms. The Labute approximate surface area is 179 Å². The molecule has 0 atom stereocenters. The van der Waals surface area contributed by atoms with Crippen molar-refractivity contribution in [2.75, 3.05) is 5.32 Å². The quantitative estimate of drug-likeness (QED) is 0.245. The van der Waals surface area contributed by atoms with E-state index in [2.05, 4.69) is 15.8 Å². The minimum absolute atomic E-state index is 0.337. The summed E-state index contributed by atoms with van der Waals surface area (Å²) >= 11 is 0. The van der Waals surface area contributed by atoms with Gasteiger partial charge in [-0.25, -0.2) is 15.7 Å². The molecule has 0 unspecified atom stereocenters. The van der Waals surface area contributed by atoms with Crippen LogP contribution in [0.3, 0.4) is 0 Å². The standard InChI is InChI=1S/C22H24N4O5/c1-22(2,3)31-21(29)24-18-9-5-7-16(13-18)14-23-25-20(28)17-8-4-6-15(12-17)10-11-19(27)26-30/h4-14,30H,1-3H3,(H,24,29)(H,25,28)(H,26,27)/b11-10+,23-14+. The highest BCUT2D eigenvalue weighted by Gasteiger charge is 2.16. The number of amides is 3. The number of anilines is 1. The molecule has 2 rings (SSSR count). The van der Waals surface area contributed by atoms with Crippen LogP contribution in [0, 0.1) is 0 Å². The molecule has 0 heterocycles. The highest BCUT2D eigenvalue weighted by atomic mass is 16.6. The number of ether oxygens (including phenoxy) is 1. The smallest absolute Gasteiger partial charge is 0.412 e. The Kier molecular flexibility index (Phi) is 8.04. The number of nitrogens with zero attached hydrogens (tertiary/aromatic N) is 1. The van der Waals surface area contributed by atoms with E-state index in [-0.39, 0.29) is 0 Å². The van der Waals surface area contributed by atoms with E-state index in [9.17, 15) is 14.4 Å². The van der Waals surface area contributed by atoms with Crippen LogP contribution in [0.15, 0.2) is 59.7 Å². The van der Waals surface area contributed by atoms with Crippen LogP contribution in [0.1, 0.15) is 42.3 Å². The first-order valence-electron chi connectivity index (χ1n) is 9.32. The Morgan fingerprint density at radius 2 is 1.74 bits per heavy atom. The van der Waals surface area contributed by atoms with E-state index in [0.29, 0.717) is 22.4 Å². The summed E-state index contributed by atoms with van der Waals surface area (Å²) < 4.78 is 5.21. The number of hydrazone groups is 1. The fourth-order valence-electron chi connectivity index (χ4n) is 2.34. The molecule has 3 amide bonds. The summed E-state index contributed by atoms with van der Waals surface area (Å²) in [6.07, 6.45) is 3.45. The van der Waals surface area contributed by atoms with Crippen molar-refractivity contribution in [3.63, 3.8) is 0 Å². The molecule has 0 aliphatic heterocycles. The van der Waals surface area contributed by atoms with Crippen LogP contribution >= 0.6 is 0 Å². The lowest BCUT2D eigenvalue weighted by atomic mass is 10.1. The number of hydrogen-bond donors (Lipinski definition) is 4. The lowest BCUT2D eigenvalue weighted by molar-refractivity contribution is -0.124. The third-order valence-electron chi connectivity index (χ3n) is 3.60. The van der Waals surface area contributed by atoms with Crippen molar-refractivity contribution in [1.82, 2.24) is 10.9 Å². The summed E-state index contributed by atoms with van der Waals surface area (Å²) in [5, 5.41) is 15.1. The summed E-state index contributed by atoms with van der Waals surface area (Å²) in [5.41, 5.74) is 5.41. The SMILES string of the molecule is CC(C)(C)OC(=O)Nc1cccc(/C=N/NC(=O)c2cccc(/C=C/C(=O)NO)c2)c1. The molecule has 0 aliphatic carbocycles. The number of carbonyl (C=O) groups excluding carboxylic acids is 3. The second-order valence-corrected chi connectivity index (χ2v) is 7.39. The first-order chi connectivity index (χ1) is 14.7. The van der Waals surface area contributed by atoms with E-state index in [1.165, 1.54) is 17.8 Å². The molecule has 2 aromatic rings. The fourth-order valence-corrected chi connectivity index (χ4v) is 2.34. The predicted octanol–water partition coefficient (Wildman–Crippen LogP) is 3.32. The zero-order valence-electron chi connectivity index (χ0n) is 17.4. The molecular weight excluding hydrogens is 400 g/mol. The van der Waals surface area contributed by atoms with E-state index in [1.807, 2.05) is 0 Å². The summed E-state index contributed by atoms with van der Waals surface area (Å²) in [6.45, 7) is 5.32. The fraction of sp³-hybridized carbons (Fsp3) is 0.182. The van der Waals surface area contributed by atoms with Crippen molar-refractivity contribution in [3.8, 4) is 0 Å². The third-order valence-corrected chi connectivity index (χ3v) is 3.60. The largest absolute Gasteiger partial charge is 0.444 e. The second-order valence-electron chi connectivity index (χ2n) is 7.39. The van der Waals surface area contributed by atoms with E-state index in [1.54, 1.807) is 69.3 Å². The molecule has 0 radical (unpaired) electrons. The van der Waals surface area contributed by atoms with Crippen LogP contribution in [0.4, 0.5) is 10.5 Å². The molecule has 9 heteroatoms. The first-order valence-corrected chi connectivity index (χ1v) is 9.32.